The number of para-hydroxylation sites is 2. The molecule has 5 rings (SSSR count). The minimum absolute atomic E-state index is 0.914. The predicted molar refractivity (Wildman–Crippen MR) is 87.2 cm³/mol. The third-order valence-corrected chi connectivity index (χ3v) is 4.77. The van der Waals surface area contributed by atoms with Crippen LogP contribution in [0.1, 0.15) is 22.6 Å². The van der Waals surface area contributed by atoms with Gasteiger partial charge in [0.15, 0.2) is 0 Å². The Bertz CT molecular complexity index is 905. The van der Waals surface area contributed by atoms with Gasteiger partial charge >= 0.3 is 0 Å². The van der Waals surface area contributed by atoms with Crippen LogP contribution in [-0.4, -0.2) is 0 Å². The standard InChI is InChI=1S/C20H16O2/c1-3-7-17-13(5-1)15-9-10-16-14-6-2-4-8-18(14)22-20(16)12-11-19(15)21-17/h1-8H,9-12H2. The maximum absolute atomic E-state index is 6.07. The van der Waals surface area contributed by atoms with E-state index >= 15 is 0 Å². The van der Waals surface area contributed by atoms with Crippen molar-refractivity contribution >= 4 is 21.9 Å². The van der Waals surface area contributed by atoms with Gasteiger partial charge in [-0.3, -0.25) is 0 Å². The normalized spacial score (nSPS) is 14.5. The average molecular weight is 288 g/mol. The highest BCUT2D eigenvalue weighted by atomic mass is 16.3. The SMILES string of the molecule is c1ccc2c3c(oc2c1)CCc1oc2ccccc2c1CC3. The summed E-state index contributed by atoms with van der Waals surface area (Å²) in [6.45, 7) is 0. The second kappa shape index (κ2) is 4.51. The van der Waals surface area contributed by atoms with Crippen molar-refractivity contribution in [3.8, 4) is 0 Å². The zero-order valence-corrected chi connectivity index (χ0v) is 12.3. The third kappa shape index (κ3) is 1.67. The molecule has 0 saturated heterocycles. The number of benzene rings is 2. The summed E-state index contributed by atoms with van der Waals surface area (Å²) in [7, 11) is 0. The highest BCUT2D eigenvalue weighted by Gasteiger charge is 2.21. The van der Waals surface area contributed by atoms with Gasteiger partial charge in [0, 0.05) is 34.7 Å². The second-order valence-electron chi connectivity index (χ2n) is 6.00. The molecule has 0 unspecified atom stereocenters. The van der Waals surface area contributed by atoms with Gasteiger partial charge in [-0.05, 0) is 25.0 Å². The Morgan fingerprint density at radius 1 is 0.545 bits per heavy atom. The van der Waals surface area contributed by atoms with Crippen molar-refractivity contribution in [1.29, 1.82) is 0 Å². The molecule has 0 saturated carbocycles. The minimum Gasteiger partial charge on any atom is -0.461 e. The summed E-state index contributed by atoms with van der Waals surface area (Å²) in [6, 6.07) is 16.7. The van der Waals surface area contributed by atoms with Gasteiger partial charge in [0.2, 0.25) is 0 Å². The fraction of sp³-hybridized carbons (Fsp3) is 0.200. The number of furan rings is 2. The lowest BCUT2D eigenvalue weighted by atomic mass is 9.94. The molecule has 0 spiro atoms. The van der Waals surface area contributed by atoms with Crippen LogP contribution in [0.25, 0.3) is 21.9 Å². The zero-order chi connectivity index (χ0) is 14.5. The van der Waals surface area contributed by atoms with Crippen LogP contribution >= 0.6 is 0 Å². The van der Waals surface area contributed by atoms with Crippen molar-refractivity contribution in [2.24, 2.45) is 0 Å². The molecule has 2 heterocycles. The molecule has 108 valence electrons. The second-order valence-corrected chi connectivity index (χ2v) is 6.00. The van der Waals surface area contributed by atoms with Crippen LogP contribution in [0, 0.1) is 0 Å². The molecule has 0 fully saturated rings. The van der Waals surface area contributed by atoms with Gasteiger partial charge in [-0.15, -0.1) is 0 Å². The smallest absolute Gasteiger partial charge is 0.134 e. The Morgan fingerprint density at radius 3 is 1.50 bits per heavy atom. The van der Waals surface area contributed by atoms with Gasteiger partial charge in [0.05, 0.1) is 0 Å². The fourth-order valence-electron chi connectivity index (χ4n) is 3.73. The van der Waals surface area contributed by atoms with Crippen molar-refractivity contribution < 1.29 is 8.83 Å². The average Bonchev–Trinajstić information content (AvgIpc) is 3.06. The van der Waals surface area contributed by atoms with Crippen LogP contribution < -0.4 is 0 Å². The first-order valence-corrected chi connectivity index (χ1v) is 7.89. The zero-order valence-electron chi connectivity index (χ0n) is 12.3. The van der Waals surface area contributed by atoms with E-state index in [2.05, 4.69) is 36.4 Å². The topological polar surface area (TPSA) is 26.3 Å². The van der Waals surface area contributed by atoms with Gasteiger partial charge in [0.1, 0.15) is 22.7 Å². The molecule has 2 heteroatoms. The molecular weight excluding hydrogens is 272 g/mol. The minimum atomic E-state index is 0.914. The molecule has 1 aliphatic carbocycles. The van der Waals surface area contributed by atoms with Crippen LogP contribution in [0.3, 0.4) is 0 Å². The van der Waals surface area contributed by atoms with E-state index in [9.17, 15) is 0 Å². The molecular formula is C20H16O2. The van der Waals surface area contributed by atoms with Crippen LogP contribution in [0.5, 0.6) is 0 Å². The number of rotatable bonds is 0. The quantitative estimate of drug-likeness (QED) is 0.452. The maximum atomic E-state index is 6.07. The highest BCUT2D eigenvalue weighted by molar-refractivity contribution is 5.84. The summed E-state index contributed by atoms with van der Waals surface area (Å²) < 4.78 is 12.1. The Kier molecular flexibility index (Phi) is 2.48. The summed E-state index contributed by atoms with van der Waals surface area (Å²) in [4.78, 5) is 0. The van der Waals surface area contributed by atoms with Crippen LogP contribution in [0.4, 0.5) is 0 Å². The molecule has 0 N–H and O–H groups in total. The molecule has 1 aliphatic rings. The highest BCUT2D eigenvalue weighted by Crippen LogP contribution is 2.34. The molecule has 4 aromatic rings. The lowest BCUT2D eigenvalue weighted by Gasteiger charge is -2.09. The van der Waals surface area contributed by atoms with E-state index in [-0.39, 0.29) is 0 Å². The molecule has 0 radical (unpaired) electrons. The number of aryl methyl sites for hydroxylation is 4. The first-order valence-electron chi connectivity index (χ1n) is 7.89. The van der Waals surface area contributed by atoms with Crippen LogP contribution in [0.15, 0.2) is 57.4 Å². The molecule has 2 aromatic heterocycles. The van der Waals surface area contributed by atoms with Crippen molar-refractivity contribution in [3.05, 3.63) is 71.2 Å². The monoisotopic (exact) mass is 288 g/mol. The van der Waals surface area contributed by atoms with Gasteiger partial charge in [-0.1, -0.05) is 36.4 Å². The number of hydrogen-bond acceptors (Lipinski definition) is 2. The van der Waals surface area contributed by atoms with Gasteiger partial charge < -0.3 is 8.83 Å². The van der Waals surface area contributed by atoms with Crippen molar-refractivity contribution in [3.63, 3.8) is 0 Å². The largest absolute Gasteiger partial charge is 0.461 e. The van der Waals surface area contributed by atoms with Gasteiger partial charge in [-0.25, -0.2) is 0 Å². The fourth-order valence-corrected chi connectivity index (χ4v) is 3.73. The summed E-state index contributed by atoms with van der Waals surface area (Å²) in [5, 5.41) is 2.54. The predicted octanol–water partition coefficient (Wildman–Crippen LogP) is 5.06. The number of hydrogen-bond donors (Lipinski definition) is 0. The summed E-state index contributed by atoms with van der Waals surface area (Å²) in [6.07, 6.45) is 3.86. The first-order chi connectivity index (χ1) is 10.9. The third-order valence-electron chi connectivity index (χ3n) is 4.77. The first kappa shape index (κ1) is 12.1. The molecule has 0 aliphatic heterocycles. The van der Waals surface area contributed by atoms with E-state index in [1.54, 1.807) is 0 Å². The summed E-state index contributed by atoms with van der Waals surface area (Å²) >= 11 is 0. The van der Waals surface area contributed by atoms with Gasteiger partial charge in [0.25, 0.3) is 0 Å². The lowest BCUT2D eigenvalue weighted by molar-refractivity contribution is 0.496. The van der Waals surface area contributed by atoms with Gasteiger partial charge in [-0.2, -0.15) is 0 Å². The Balaban J connectivity index is 1.66. The van der Waals surface area contributed by atoms with E-state index in [4.69, 9.17) is 8.83 Å². The molecule has 2 aromatic carbocycles. The Morgan fingerprint density at radius 2 is 1.00 bits per heavy atom. The van der Waals surface area contributed by atoms with E-state index in [0.717, 1.165) is 48.4 Å². The molecule has 0 atom stereocenters. The molecule has 2 nitrogen and oxygen atoms in total. The molecule has 0 bridgehead atoms. The van der Waals surface area contributed by atoms with Crippen molar-refractivity contribution in [1.82, 2.24) is 0 Å². The molecule has 22 heavy (non-hydrogen) atoms. The maximum Gasteiger partial charge on any atom is 0.134 e. The van der Waals surface area contributed by atoms with Crippen LogP contribution in [0.2, 0.25) is 0 Å². The van der Waals surface area contributed by atoms with Crippen LogP contribution in [-0.2, 0) is 25.7 Å². The van der Waals surface area contributed by atoms with Crippen molar-refractivity contribution in [2.75, 3.05) is 0 Å². The van der Waals surface area contributed by atoms with E-state index in [1.165, 1.54) is 21.9 Å². The van der Waals surface area contributed by atoms with E-state index in [1.807, 2.05) is 12.1 Å². The summed E-state index contributed by atoms with van der Waals surface area (Å²) in [5.74, 6) is 2.26. The number of fused-ring (bicyclic) bond motifs is 6. The Labute approximate surface area is 128 Å². The Hall–Kier alpha value is -2.48. The van der Waals surface area contributed by atoms with Crippen molar-refractivity contribution in [2.45, 2.75) is 25.7 Å². The lowest BCUT2D eigenvalue weighted by Crippen LogP contribution is -2.03. The van der Waals surface area contributed by atoms with E-state index in [0.29, 0.717) is 0 Å². The van der Waals surface area contributed by atoms with E-state index < -0.39 is 0 Å². The molecule has 0 amide bonds. The summed E-state index contributed by atoms with van der Waals surface area (Å²) in [5.41, 5.74) is 4.78.